The quantitative estimate of drug-likeness (QED) is 0.166. The second-order valence-electron chi connectivity index (χ2n) is 7.46. The maximum atomic E-state index is 13.0. The van der Waals surface area contributed by atoms with Crippen molar-refractivity contribution < 1.29 is 32.3 Å². The van der Waals surface area contributed by atoms with Gasteiger partial charge < -0.3 is 19.1 Å². The number of hydrogen-bond acceptors (Lipinski definition) is 9. The van der Waals surface area contributed by atoms with E-state index in [1.165, 1.54) is 28.6 Å². The third kappa shape index (κ3) is 5.90. The number of carbonyl (C=O) groups excluding carboxylic acids is 1. The van der Waals surface area contributed by atoms with Gasteiger partial charge in [0.05, 0.1) is 15.9 Å². The number of nitro groups is 1. The Morgan fingerprint density at radius 3 is 2.33 bits per heavy atom. The monoisotopic (exact) mass is 479 g/mol. The summed E-state index contributed by atoms with van der Waals surface area (Å²) >= 11 is 0. The highest BCUT2D eigenvalue weighted by molar-refractivity contribution is 7.89. The van der Waals surface area contributed by atoms with Crippen LogP contribution in [0, 0.1) is 10.1 Å². The van der Waals surface area contributed by atoms with Crippen molar-refractivity contribution in [3.8, 4) is 11.5 Å². The van der Waals surface area contributed by atoms with Gasteiger partial charge in [-0.2, -0.15) is 4.31 Å². The van der Waals surface area contributed by atoms with Crippen LogP contribution in [-0.2, 0) is 19.6 Å². The lowest BCUT2D eigenvalue weighted by molar-refractivity contribution is -0.386. The molecule has 12 heteroatoms. The minimum Gasteiger partial charge on any atom is -0.491 e. The summed E-state index contributed by atoms with van der Waals surface area (Å²) in [5.41, 5.74) is 0.369. The lowest BCUT2D eigenvalue weighted by Gasteiger charge is -2.35. The standard InChI is InChI=1S/C21H25N3O8S/c1-16(2)32-18-4-6-19(7-5-18)33(28,29)23-11-9-22(10-12-23)17-3-8-20(24(26)27)21(13-17)31-15-30-14-25/h3-8,13-14,16H,9-12,15H2,1-2H3. The molecule has 1 aliphatic heterocycles. The summed E-state index contributed by atoms with van der Waals surface area (Å²) in [7, 11) is -3.67. The number of hydrogen-bond donors (Lipinski definition) is 0. The molecule has 0 spiro atoms. The molecule has 33 heavy (non-hydrogen) atoms. The van der Waals surface area contributed by atoms with Crippen LogP contribution < -0.4 is 14.4 Å². The summed E-state index contributed by atoms with van der Waals surface area (Å²) in [6, 6.07) is 10.7. The molecule has 2 aromatic rings. The van der Waals surface area contributed by atoms with Crippen LogP contribution in [0.2, 0.25) is 0 Å². The lowest BCUT2D eigenvalue weighted by Crippen LogP contribution is -2.48. The fraction of sp³-hybridized carbons (Fsp3) is 0.381. The van der Waals surface area contributed by atoms with Crippen LogP contribution in [0.25, 0.3) is 0 Å². The van der Waals surface area contributed by atoms with Gasteiger partial charge >= 0.3 is 5.69 Å². The fourth-order valence-electron chi connectivity index (χ4n) is 3.39. The number of nitro benzene ring substituents is 1. The molecular formula is C21H25N3O8S. The highest BCUT2D eigenvalue weighted by Gasteiger charge is 2.29. The van der Waals surface area contributed by atoms with Gasteiger partial charge in [-0.25, -0.2) is 8.42 Å². The maximum absolute atomic E-state index is 13.0. The largest absolute Gasteiger partial charge is 0.491 e. The molecule has 1 fully saturated rings. The van der Waals surface area contributed by atoms with E-state index in [4.69, 9.17) is 9.47 Å². The fourth-order valence-corrected chi connectivity index (χ4v) is 4.81. The number of rotatable bonds is 10. The molecular weight excluding hydrogens is 454 g/mol. The molecule has 0 amide bonds. The summed E-state index contributed by atoms with van der Waals surface area (Å²) in [6.07, 6.45) is -0.0107. The van der Waals surface area contributed by atoms with Gasteiger partial charge in [0, 0.05) is 44.0 Å². The van der Waals surface area contributed by atoms with Gasteiger partial charge in [0.2, 0.25) is 22.6 Å². The molecule has 1 aliphatic rings. The van der Waals surface area contributed by atoms with Crippen LogP contribution >= 0.6 is 0 Å². The summed E-state index contributed by atoms with van der Waals surface area (Å²) < 4.78 is 42.6. The normalized spacial score (nSPS) is 14.7. The van der Waals surface area contributed by atoms with Crippen molar-refractivity contribution >= 4 is 27.9 Å². The Hall–Kier alpha value is -3.38. The summed E-state index contributed by atoms with van der Waals surface area (Å²) in [5.74, 6) is 0.557. The van der Waals surface area contributed by atoms with E-state index in [-0.39, 0.29) is 42.0 Å². The second-order valence-corrected chi connectivity index (χ2v) is 9.40. The van der Waals surface area contributed by atoms with Crippen molar-refractivity contribution in [2.24, 2.45) is 0 Å². The number of anilines is 1. The van der Waals surface area contributed by atoms with Crippen molar-refractivity contribution in [2.75, 3.05) is 37.9 Å². The van der Waals surface area contributed by atoms with E-state index in [0.717, 1.165) is 0 Å². The zero-order valence-corrected chi connectivity index (χ0v) is 19.1. The van der Waals surface area contributed by atoms with E-state index in [1.807, 2.05) is 18.7 Å². The van der Waals surface area contributed by atoms with Gasteiger partial charge in [0.25, 0.3) is 6.47 Å². The van der Waals surface area contributed by atoms with Gasteiger partial charge in [-0.3, -0.25) is 14.9 Å². The molecule has 0 N–H and O–H groups in total. The number of ether oxygens (including phenoxy) is 3. The van der Waals surface area contributed by atoms with Crippen LogP contribution in [0.15, 0.2) is 47.4 Å². The first-order valence-electron chi connectivity index (χ1n) is 10.2. The molecule has 1 saturated heterocycles. The Morgan fingerprint density at radius 1 is 1.09 bits per heavy atom. The Balaban J connectivity index is 1.69. The van der Waals surface area contributed by atoms with Crippen LogP contribution in [0.3, 0.4) is 0 Å². The zero-order valence-electron chi connectivity index (χ0n) is 18.2. The molecule has 0 aromatic heterocycles. The number of carbonyl (C=O) groups is 1. The molecule has 3 rings (SSSR count). The van der Waals surface area contributed by atoms with E-state index in [0.29, 0.717) is 24.5 Å². The second kappa shape index (κ2) is 10.5. The smallest absolute Gasteiger partial charge is 0.311 e. The average Bonchev–Trinajstić information content (AvgIpc) is 2.79. The summed E-state index contributed by atoms with van der Waals surface area (Å²) in [5, 5.41) is 11.2. The van der Waals surface area contributed by atoms with E-state index in [1.54, 1.807) is 18.2 Å². The van der Waals surface area contributed by atoms with Gasteiger partial charge in [0.15, 0.2) is 0 Å². The van der Waals surface area contributed by atoms with Crippen LogP contribution in [0.5, 0.6) is 11.5 Å². The molecule has 1 heterocycles. The maximum Gasteiger partial charge on any atom is 0.311 e. The number of benzene rings is 2. The number of nitrogens with zero attached hydrogens (tertiary/aromatic N) is 3. The van der Waals surface area contributed by atoms with Gasteiger partial charge in [-0.1, -0.05) is 0 Å². The summed E-state index contributed by atoms with van der Waals surface area (Å²) in [6.45, 7) is 4.76. The SMILES string of the molecule is CC(C)Oc1ccc(S(=O)(=O)N2CCN(c3ccc([N+](=O)[O-])c(OCOC=O)c3)CC2)cc1. The van der Waals surface area contributed by atoms with E-state index >= 15 is 0 Å². The Morgan fingerprint density at radius 2 is 1.76 bits per heavy atom. The van der Waals surface area contributed by atoms with E-state index < -0.39 is 21.7 Å². The highest BCUT2D eigenvalue weighted by Crippen LogP contribution is 2.32. The molecule has 0 unspecified atom stereocenters. The van der Waals surface area contributed by atoms with Crippen LogP contribution in [0.1, 0.15) is 13.8 Å². The van der Waals surface area contributed by atoms with Crippen molar-refractivity contribution in [1.29, 1.82) is 0 Å². The van der Waals surface area contributed by atoms with E-state index in [2.05, 4.69) is 4.74 Å². The molecule has 11 nitrogen and oxygen atoms in total. The predicted molar refractivity (Wildman–Crippen MR) is 119 cm³/mol. The number of sulfonamides is 1. The molecule has 0 bridgehead atoms. The first-order chi connectivity index (χ1) is 15.7. The minimum atomic E-state index is -3.67. The first kappa shape index (κ1) is 24.3. The Labute approximate surface area is 191 Å². The van der Waals surface area contributed by atoms with Crippen molar-refractivity contribution in [2.45, 2.75) is 24.8 Å². The third-order valence-electron chi connectivity index (χ3n) is 4.93. The zero-order chi connectivity index (χ0) is 24.0. The van der Waals surface area contributed by atoms with E-state index in [9.17, 15) is 23.3 Å². The van der Waals surface area contributed by atoms with Crippen LogP contribution in [-0.4, -0.2) is 63.2 Å². The number of piperazine rings is 1. The van der Waals surface area contributed by atoms with Crippen molar-refractivity contribution in [3.63, 3.8) is 0 Å². The Bertz CT molecular complexity index is 1080. The molecule has 0 aliphatic carbocycles. The summed E-state index contributed by atoms with van der Waals surface area (Å²) in [4.78, 5) is 23.0. The minimum absolute atomic E-state index is 0.0107. The van der Waals surface area contributed by atoms with Crippen molar-refractivity contribution in [1.82, 2.24) is 4.31 Å². The van der Waals surface area contributed by atoms with Crippen LogP contribution in [0.4, 0.5) is 11.4 Å². The first-order valence-corrected chi connectivity index (χ1v) is 11.6. The molecule has 2 aromatic carbocycles. The average molecular weight is 480 g/mol. The molecule has 178 valence electrons. The van der Waals surface area contributed by atoms with Gasteiger partial charge in [-0.05, 0) is 44.2 Å². The van der Waals surface area contributed by atoms with Gasteiger partial charge in [0.1, 0.15) is 5.75 Å². The lowest BCUT2D eigenvalue weighted by atomic mass is 10.2. The highest BCUT2D eigenvalue weighted by atomic mass is 32.2. The van der Waals surface area contributed by atoms with Gasteiger partial charge in [-0.15, -0.1) is 0 Å². The molecule has 0 atom stereocenters. The molecule has 0 radical (unpaired) electrons. The van der Waals surface area contributed by atoms with Crippen molar-refractivity contribution in [3.05, 3.63) is 52.6 Å². The third-order valence-corrected chi connectivity index (χ3v) is 6.84. The Kier molecular flexibility index (Phi) is 7.71. The topological polar surface area (TPSA) is 129 Å². The predicted octanol–water partition coefficient (Wildman–Crippen LogP) is 2.40. The molecule has 0 saturated carbocycles.